The molecule has 6 nitrogen and oxygen atoms in total. The molecule has 1 aliphatic heterocycles. The molecule has 0 radical (unpaired) electrons. The molecule has 142 valence electrons. The number of anilines is 4. The zero-order chi connectivity index (χ0) is 19.3. The average Bonchev–Trinajstić information content (AvgIpc) is 3.25. The highest BCUT2D eigenvalue weighted by molar-refractivity contribution is 6.03. The maximum atomic E-state index is 13.8. The van der Waals surface area contributed by atoms with Crippen molar-refractivity contribution in [2.45, 2.75) is 12.8 Å². The molecule has 1 aromatic heterocycles. The summed E-state index contributed by atoms with van der Waals surface area (Å²) in [7, 11) is 0. The summed E-state index contributed by atoms with van der Waals surface area (Å²) < 4.78 is 13.8. The SMILES string of the molecule is O=C(Nc1ccc(N2CCCC2)cc1)c1cc(Nc2ccccc2F)ncn1. The number of rotatable bonds is 5. The van der Waals surface area contributed by atoms with E-state index in [9.17, 15) is 9.18 Å². The quantitative estimate of drug-likeness (QED) is 0.697. The molecule has 1 fully saturated rings. The van der Waals surface area contributed by atoms with E-state index in [4.69, 9.17) is 0 Å². The van der Waals surface area contributed by atoms with Gasteiger partial charge in [0.15, 0.2) is 0 Å². The van der Waals surface area contributed by atoms with Gasteiger partial charge in [-0.05, 0) is 49.2 Å². The third kappa shape index (κ3) is 4.09. The molecule has 1 saturated heterocycles. The van der Waals surface area contributed by atoms with E-state index in [0.29, 0.717) is 11.5 Å². The molecule has 2 N–H and O–H groups in total. The zero-order valence-corrected chi connectivity index (χ0v) is 15.2. The Labute approximate surface area is 162 Å². The van der Waals surface area contributed by atoms with Crippen LogP contribution in [0.25, 0.3) is 0 Å². The Morgan fingerprint density at radius 2 is 1.75 bits per heavy atom. The van der Waals surface area contributed by atoms with E-state index in [1.165, 1.54) is 31.3 Å². The molecule has 0 spiro atoms. The number of nitrogens with one attached hydrogen (secondary N) is 2. The standard InChI is InChI=1S/C21H20FN5O/c22-17-5-1-2-6-18(17)26-20-13-19(23-14-24-20)21(28)25-15-7-9-16(10-8-15)27-11-3-4-12-27/h1-2,5-10,13-14H,3-4,11-12H2,(H,25,28)(H,23,24,26). The lowest BCUT2D eigenvalue weighted by molar-refractivity contribution is 0.102. The van der Waals surface area contributed by atoms with Gasteiger partial charge in [-0.15, -0.1) is 0 Å². The highest BCUT2D eigenvalue weighted by Crippen LogP contribution is 2.22. The van der Waals surface area contributed by atoms with E-state index in [-0.39, 0.29) is 17.3 Å². The molecule has 2 heterocycles. The van der Waals surface area contributed by atoms with Crippen LogP contribution in [0.1, 0.15) is 23.3 Å². The zero-order valence-electron chi connectivity index (χ0n) is 15.2. The van der Waals surface area contributed by atoms with Crippen LogP contribution in [0.2, 0.25) is 0 Å². The molecule has 0 bridgehead atoms. The average molecular weight is 377 g/mol. The maximum absolute atomic E-state index is 13.8. The number of nitrogens with zero attached hydrogens (tertiary/aromatic N) is 3. The third-order valence-electron chi connectivity index (χ3n) is 4.63. The number of hydrogen-bond acceptors (Lipinski definition) is 5. The Hall–Kier alpha value is -3.48. The van der Waals surface area contributed by atoms with Crippen LogP contribution in [-0.2, 0) is 0 Å². The summed E-state index contributed by atoms with van der Waals surface area (Å²) >= 11 is 0. The molecule has 28 heavy (non-hydrogen) atoms. The first-order valence-corrected chi connectivity index (χ1v) is 9.19. The van der Waals surface area contributed by atoms with Crippen LogP contribution in [-0.4, -0.2) is 29.0 Å². The summed E-state index contributed by atoms with van der Waals surface area (Å²) in [6, 6.07) is 15.5. The van der Waals surface area contributed by atoms with Crippen molar-refractivity contribution < 1.29 is 9.18 Å². The molecule has 1 amide bonds. The largest absolute Gasteiger partial charge is 0.372 e. The Morgan fingerprint density at radius 1 is 1.00 bits per heavy atom. The van der Waals surface area contributed by atoms with E-state index < -0.39 is 5.82 Å². The fourth-order valence-electron chi connectivity index (χ4n) is 3.18. The third-order valence-corrected chi connectivity index (χ3v) is 4.63. The predicted octanol–water partition coefficient (Wildman–Crippen LogP) is 4.21. The van der Waals surface area contributed by atoms with E-state index in [1.807, 2.05) is 24.3 Å². The van der Waals surface area contributed by atoms with Crippen LogP contribution in [0.4, 0.5) is 27.3 Å². The first-order chi connectivity index (χ1) is 13.7. The van der Waals surface area contributed by atoms with Crippen LogP contribution < -0.4 is 15.5 Å². The maximum Gasteiger partial charge on any atom is 0.274 e. The number of halogens is 1. The normalized spacial score (nSPS) is 13.4. The van der Waals surface area contributed by atoms with E-state index in [2.05, 4.69) is 25.5 Å². The van der Waals surface area contributed by atoms with Crippen molar-refractivity contribution in [1.82, 2.24) is 9.97 Å². The van der Waals surface area contributed by atoms with Gasteiger partial charge in [0.1, 0.15) is 23.7 Å². The van der Waals surface area contributed by atoms with Crippen LogP contribution >= 0.6 is 0 Å². The van der Waals surface area contributed by atoms with Gasteiger partial charge in [0.25, 0.3) is 5.91 Å². The number of carbonyl (C=O) groups is 1. The molecule has 0 atom stereocenters. The summed E-state index contributed by atoms with van der Waals surface area (Å²) in [4.78, 5) is 22.9. The molecular formula is C21H20FN5O. The van der Waals surface area contributed by atoms with E-state index in [0.717, 1.165) is 18.8 Å². The van der Waals surface area contributed by atoms with E-state index >= 15 is 0 Å². The number of benzene rings is 2. The van der Waals surface area contributed by atoms with Crippen LogP contribution in [0.5, 0.6) is 0 Å². The molecule has 2 aromatic carbocycles. The summed E-state index contributed by atoms with van der Waals surface area (Å²) in [6.07, 6.45) is 3.71. The van der Waals surface area contributed by atoms with Gasteiger partial charge < -0.3 is 15.5 Å². The molecule has 0 unspecified atom stereocenters. The highest BCUT2D eigenvalue weighted by atomic mass is 19.1. The van der Waals surface area contributed by atoms with Crippen molar-refractivity contribution in [2.24, 2.45) is 0 Å². The summed E-state index contributed by atoms with van der Waals surface area (Å²) in [5, 5.41) is 5.69. The number of aromatic nitrogens is 2. The summed E-state index contributed by atoms with van der Waals surface area (Å²) in [6.45, 7) is 2.15. The van der Waals surface area contributed by atoms with Gasteiger partial charge in [-0.3, -0.25) is 4.79 Å². The summed E-state index contributed by atoms with van der Waals surface area (Å²) in [5.74, 6) is -0.409. The van der Waals surface area contributed by atoms with Crippen LogP contribution in [0.15, 0.2) is 60.9 Å². The number of para-hydroxylation sites is 1. The second kappa shape index (κ2) is 8.04. The topological polar surface area (TPSA) is 70.2 Å². The molecule has 1 aliphatic rings. The van der Waals surface area contributed by atoms with E-state index in [1.54, 1.807) is 18.2 Å². The molecule has 7 heteroatoms. The number of hydrogen-bond donors (Lipinski definition) is 2. The second-order valence-electron chi connectivity index (χ2n) is 6.59. The Bertz CT molecular complexity index is 971. The van der Waals surface area contributed by atoms with Gasteiger partial charge in [0.2, 0.25) is 0 Å². The van der Waals surface area contributed by atoms with Gasteiger partial charge in [-0.2, -0.15) is 0 Å². The van der Waals surface area contributed by atoms with Crippen molar-refractivity contribution in [2.75, 3.05) is 28.6 Å². The Morgan fingerprint density at radius 3 is 2.50 bits per heavy atom. The van der Waals surface area contributed by atoms with Gasteiger partial charge in [0.05, 0.1) is 5.69 Å². The lowest BCUT2D eigenvalue weighted by atomic mass is 10.2. The van der Waals surface area contributed by atoms with Crippen LogP contribution in [0, 0.1) is 5.82 Å². The smallest absolute Gasteiger partial charge is 0.274 e. The Balaban J connectivity index is 1.44. The number of carbonyl (C=O) groups excluding carboxylic acids is 1. The minimum Gasteiger partial charge on any atom is -0.372 e. The lowest BCUT2D eigenvalue weighted by Gasteiger charge is -2.17. The molecule has 0 saturated carbocycles. The molecule has 3 aromatic rings. The highest BCUT2D eigenvalue weighted by Gasteiger charge is 2.13. The van der Waals surface area contributed by atoms with Crippen molar-refractivity contribution in [3.63, 3.8) is 0 Å². The fraction of sp³-hybridized carbons (Fsp3) is 0.190. The fourth-order valence-corrected chi connectivity index (χ4v) is 3.18. The van der Waals surface area contributed by atoms with Gasteiger partial charge in [0, 0.05) is 30.5 Å². The van der Waals surface area contributed by atoms with Gasteiger partial charge in [-0.25, -0.2) is 14.4 Å². The van der Waals surface area contributed by atoms with Crippen molar-refractivity contribution in [3.8, 4) is 0 Å². The minimum atomic E-state index is -0.398. The van der Waals surface area contributed by atoms with Gasteiger partial charge >= 0.3 is 0 Å². The molecular weight excluding hydrogens is 357 g/mol. The second-order valence-corrected chi connectivity index (χ2v) is 6.59. The van der Waals surface area contributed by atoms with Crippen molar-refractivity contribution >= 4 is 28.8 Å². The lowest BCUT2D eigenvalue weighted by Crippen LogP contribution is -2.18. The molecule has 0 aliphatic carbocycles. The van der Waals surface area contributed by atoms with Crippen molar-refractivity contribution in [3.05, 3.63) is 72.4 Å². The Kier molecular flexibility index (Phi) is 5.14. The monoisotopic (exact) mass is 377 g/mol. The van der Waals surface area contributed by atoms with Crippen LogP contribution in [0.3, 0.4) is 0 Å². The minimum absolute atomic E-state index is 0.192. The number of amides is 1. The van der Waals surface area contributed by atoms with Crippen molar-refractivity contribution in [1.29, 1.82) is 0 Å². The first-order valence-electron chi connectivity index (χ1n) is 9.19. The molecule has 4 rings (SSSR count). The van der Waals surface area contributed by atoms with Gasteiger partial charge in [-0.1, -0.05) is 12.1 Å². The predicted molar refractivity (Wildman–Crippen MR) is 108 cm³/mol. The summed E-state index contributed by atoms with van der Waals surface area (Å²) in [5.41, 5.74) is 2.33. The first kappa shape index (κ1) is 17.9.